The van der Waals surface area contributed by atoms with E-state index in [2.05, 4.69) is 48.3 Å². The van der Waals surface area contributed by atoms with Crippen LogP contribution < -0.4 is 10.1 Å². The molecule has 0 radical (unpaired) electrons. The summed E-state index contributed by atoms with van der Waals surface area (Å²) < 4.78 is 5.68. The zero-order chi connectivity index (χ0) is 13.8. The van der Waals surface area contributed by atoms with Crippen LogP contribution in [0.1, 0.15) is 45.1 Å². The third kappa shape index (κ3) is 7.54. The molecule has 0 fully saturated rings. The molecular formula is C17H25NO. The van der Waals surface area contributed by atoms with Gasteiger partial charge in [0, 0.05) is 19.5 Å². The Balaban J connectivity index is 2.20. The Kier molecular flexibility index (Phi) is 8.59. The molecule has 0 saturated heterocycles. The van der Waals surface area contributed by atoms with E-state index < -0.39 is 0 Å². The molecule has 2 heteroatoms. The summed E-state index contributed by atoms with van der Waals surface area (Å²) in [5, 5.41) is 3.37. The molecule has 0 unspecified atom stereocenters. The van der Waals surface area contributed by atoms with Crippen LogP contribution in [0.15, 0.2) is 24.3 Å². The number of benzene rings is 1. The maximum absolute atomic E-state index is 5.68. The van der Waals surface area contributed by atoms with Gasteiger partial charge in [0.15, 0.2) is 0 Å². The van der Waals surface area contributed by atoms with Gasteiger partial charge in [-0.3, -0.25) is 0 Å². The molecule has 0 aromatic heterocycles. The highest BCUT2D eigenvalue weighted by Gasteiger charge is 1.95. The summed E-state index contributed by atoms with van der Waals surface area (Å²) in [6, 6.07) is 8.34. The first-order chi connectivity index (χ1) is 9.36. The van der Waals surface area contributed by atoms with Gasteiger partial charge in [0.25, 0.3) is 0 Å². The first kappa shape index (κ1) is 15.6. The second-order valence-corrected chi connectivity index (χ2v) is 4.55. The van der Waals surface area contributed by atoms with Crippen LogP contribution in [0.3, 0.4) is 0 Å². The van der Waals surface area contributed by atoms with Crippen molar-refractivity contribution >= 4 is 0 Å². The molecule has 0 saturated carbocycles. The van der Waals surface area contributed by atoms with Gasteiger partial charge in [0.2, 0.25) is 0 Å². The molecule has 0 bridgehead atoms. The van der Waals surface area contributed by atoms with Crippen molar-refractivity contribution in [2.75, 3.05) is 13.2 Å². The topological polar surface area (TPSA) is 21.3 Å². The maximum Gasteiger partial charge on any atom is 0.119 e. The van der Waals surface area contributed by atoms with E-state index in [1.807, 2.05) is 6.92 Å². The van der Waals surface area contributed by atoms with Crippen LogP contribution >= 0.6 is 0 Å². The molecular weight excluding hydrogens is 234 g/mol. The standard InChI is InChI=1S/C17H25NO/c1-3-5-7-13-18-15-16-9-11-17(12-10-16)19-14-8-6-4-2/h9-12,18H,4,6-8,13-15H2,1-2H3. The van der Waals surface area contributed by atoms with E-state index in [9.17, 15) is 0 Å². The van der Waals surface area contributed by atoms with Crippen LogP contribution in [-0.2, 0) is 6.54 Å². The van der Waals surface area contributed by atoms with Crippen molar-refractivity contribution in [3.8, 4) is 17.6 Å². The summed E-state index contributed by atoms with van der Waals surface area (Å²) in [5.74, 6) is 6.91. The highest BCUT2D eigenvalue weighted by molar-refractivity contribution is 5.27. The molecule has 0 aliphatic rings. The van der Waals surface area contributed by atoms with E-state index in [-0.39, 0.29) is 0 Å². The van der Waals surface area contributed by atoms with Gasteiger partial charge >= 0.3 is 0 Å². The lowest BCUT2D eigenvalue weighted by Gasteiger charge is -2.07. The number of nitrogens with one attached hydrogen (secondary N) is 1. The smallest absolute Gasteiger partial charge is 0.119 e. The third-order valence-electron chi connectivity index (χ3n) is 2.87. The predicted molar refractivity (Wildman–Crippen MR) is 81.2 cm³/mol. The van der Waals surface area contributed by atoms with Gasteiger partial charge in [-0.05, 0) is 31.0 Å². The van der Waals surface area contributed by atoms with Gasteiger partial charge < -0.3 is 10.1 Å². The Morgan fingerprint density at radius 3 is 2.63 bits per heavy atom. The van der Waals surface area contributed by atoms with E-state index in [0.717, 1.165) is 38.3 Å². The largest absolute Gasteiger partial charge is 0.494 e. The zero-order valence-electron chi connectivity index (χ0n) is 12.2. The quantitative estimate of drug-likeness (QED) is 0.538. The molecule has 19 heavy (non-hydrogen) atoms. The SMILES string of the molecule is CC#CCCNCc1ccc(OCCCCC)cc1. The van der Waals surface area contributed by atoms with E-state index in [0.29, 0.717) is 0 Å². The number of hydrogen-bond acceptors (Lipinski definition) is 2. The fraction of sp³-hybridized carbons (Fsp3) is 0.529. The fourth-order valence-corrected chi connectivity index (χ4v) is 1.75. The first-order valence-corrected chi connectivity index (χ1v) is 7.19. The molecule has 0 aliphatic carbocycles. The Hall–Kier alpha value is -1.46. The summed E-state index contributed by atoms with van der Waals surface area (Å²) >= 11 is 0. The molecule has 0 spiro atoms. The lowest BCUT2D eigenvalue weighted by molar-refractivity contribution is 0.306. The van der Waals surface area contributed by atoms with Crippen molar-refractivity contribution in [2.24, 2.45) is 0 Å². The molecule has 0 heterocycles. The lowest BCUT2D eigenvalue weighted by atomic mass is 10.2. The minimum absolute atomic E-state index is 0.821. The minimum atomic E-state index is 0.821. The van der Waals surface area contributed by atoms with Crippen LogP contribution in [0.5, 0.6) is 5.75 Å². The van der Waals surface area contributed by atoms with Gasteiger partial charge in [0.05, 0.1) is 6.61 Å². The van der Waals surface area contributed by atoms with Crippen molar-refractivity contribution in [3.05, 3.63) is 29.8 Å². The predicted octanol–water partition coefficient (Wildman–Crippen LogP) is 3.76. The average molecular weight is 259 g/mol. The van der Waals surface area contributed by atoms with Crippen molar-refractivity contribution in [3.63, 3.8) is 0 Å². The van der Waals surface area contributed by atoms with Crippen molar-refractivity contribution in [1.29, 1.82) is 0 Å². The van der Waals surface area contributed by atoms with E-state index in [4.69, 9.17) is 4.74 Å². The third-order valence-corrected chi connectivity index (χ3v) is 2.87. The molecule has 1 aromatic carbocycles. The van der Waals surface area contributed by atoms with Gasteiger partial charge in [0.1, 0.15) is 5.75 Å². The van der Waals surface area contributed by atoms with Crippen LogP contribution in [0, 0.1) is 11.8 Å². The molecule has 0 amide bonds. The Morgan fingerprint density at radius 1 is 1.16 bits per heavy atom. The van der Waals surface area contributed by atoms with Gasteiger partial charge in [-0.25, -0.2) is 0 Å². The molecule has 1 rings (SSSR count). The highest BCUT2D eigenvalue weighted by atomic mass is 16.5. The summed E-state index contributed by atoms with van der Waals surface area (Å²) in [7, 11) is 0. The zero-order valence-corrected chi connectivity index (χ0v) is 12.2. The second-order valence-electron chi connectivity index (χ2n) is 4.55. The Labute approximate surface area is 117 Å². The van der Waals surface area contributed by atoms with Gasteiger partial charge in [-0.1, -0.05) is 31.9 Å². The maximum atomic E-state index is 5.68. The molecule has 1 aromatic rings. The fourth-order valence-electron chi connectivity index (χ4n) is 1.75. The summed E-state index contributed by atoms with van der Waals surface area (Å²) in [6.45, 7) is 6.73. The first-order valence-electron chi connectivity index (χ1n) is 7.19. The van der Waals surface area contributed by atoms with Crippen LogP contribution in [0.2, 0.25) is 0 Å². The Morgan fingerprint density at radius 2 is 1.95 bits per heavy atom. The summed E-state index contributed by atoms with van der Waals surface area (Å²) in [6.07, 6.45) is 4.52. The molecule has 1 N–H and O–H groups in total. The minimum Gasteiger partial charge on any atom is -0.494 e. The molecule has 104 valence electrons. The number of ether oxygens (including phenoxy) is 1. The van der Waals surface area contributed by atoms with Crippen LogP contribution in [0.4, 0.5) is 0 Å². The number of unbranched alkanes of at least 4 members (excludes halogenated alkanes) is 2. The second kappa shape index (κ2) is 10.5. The monoisotopic (exact) mass is 259 g/mol. The van der Waals surface area contributed by atoms with Gasteiger partial charge in [-0.2, -0.15) is 0 Å². The molecule has 0 atom stereocenters. The van der Waals surface area contributed by atoms with Crippen LogP contribution in [0.25, 0.3) is 0 Å². The van der Waals surface area contributed by atoms with Gasteiger partial charge in [-0.15, -0.1) is 11.8 Å². The van der Waals surface area contributed by atoms with E-state index >= 15 is 0 Å². The number of hydrogen-bond donors (Lipinski definition) is 1. The summed E-state index contributed by atoms with van der Waals surface area (Å²) in [4.78, 5) is 0. The van der Waals surface area contributed by atoms with Crippen LogP contribution in [-0.4, -0.2) is 13.2 Å². The Bertz CT molecular complexity index is 386. The van der Waals surface area contributed by atoms with E-state index in [1.165, 1.54) is 18.4 Å². The highest BCUT2D eigenvalue weighted by Crippen LogP contribution is 2.12. The summed E-state index contributed by atoms with van der Waals surface area (Å²) in [5.41, 5.74) is 1.28. The average Bonchev–Trinajstić information content (AvgIpc) is 2.45. The van der Waals surface area contributed by atoms with E-state index in [1.54, 1.807) is 0 Å². The normalized spacial score (nSPS) is 9.79. The van der Waals surface area contributed by atoms with Crippen molar-refractivity contribution in [2.45, 2.75) is 46.1 Å². The number of rotatable bonds is 9. The molecule has 2 nitrogen and oxygen atoms in total. The molecule has 0 aliphatic heterocycles. The van der Waals surface area contributed by atoms with Crippen molar-refractivity contribution < 1.29 is 4.74 Å². The van der Waals surface area contributed by atoms with Crippen molar-refractivity contribution in [1.82, 2.24) is 5.32 Å². The lowest BCUT2D eigenvalue weighted by Crippen LogP contribution is -2.14.